The van der Waals surface area contributed by atoms with E-state index in [9.17, 15) is 4.79 Å². The molecule has 0 unspecified atom stereocenters. The maximum atomic E-state index is 13.2. The average Bonchev–Trinajstić information content (AvgIpc) is 2.72. The molecule has 0 aliphatic rings. The minimum Gasteiger partial charge on any atom is -0.481 e. The second-order valence-electron chi connectivity index (χ2n) is 8.06. The van der Waals surface area contributed by atoms with Crippen LogP contribution in [0, 0.1) is 0 Å². The van der Waals surface area contributed by atoms with Gasteiger partial charge in [0.1, 0.15) is 0 Å². The summed E-state index contributed by atoms with van der Waals surface area (Å²) in [7, 11) is 1.58. The fourth-order valence-corrected chi connectivity index (χ4v) is 3.01. The van der Waals surface area contributed by atoms with Crippen molar-refractivity contribution in [3.05, 3.63) is 40.9 Å². The Morgan fingerprint density at radius 3 is 2.50 bits per heavy atom. The lowest BCUT2D eigenvalue weighted by Gasteiger charge is -2.22. The van der Waals surface area contributed by atoms with Crippen molar-refractivity contribution in [1.29, 1.82) is 0 Å². The minimum atomic E-state index is -0.301. The van der Waals surface area contributed by atoms with E-state index in [0.29, 0.717) is 36.8 Å². The molecule has 0 spiro atoms. The van der Waals surface area contributed by atoms with Crippen LogP contribution in [0.1, 0.15) is 34.1 Å². The highest BCUT2D eigenvalue weighted by Crippen LogP contribution is 2.23. The molecular weight excluding hydrogens is 382 g/mol. The van der Waals surface area contributed by atoms with Crippen molar-refractivity contribution in [1.82, 2.24) is 19.5 Å². The van der Waals surface area contributed by atoms with Gasteiger partial charge in [-0.3, -0.25) is 9.36 Å². The molecule has 0 amide bonds. The Balaban J connectivity index is 2.08. The summed E-state index contributed by atoms with van der Waals surface area (Å²) in [4.78, 5) is 26.5. The standard InChI is InChI=1S/C22H29N5O3/c1-6-10-30-11-9-27-17-12-16(15-7-8-18(29-5)23-13-15)14-24-19(17)25-20(21(27)28)26-22(2,3)4/h7-8,12-14H,6,9-11H2,1-5H3,(H,24,25,26). The summed E-state index contributed by atoms with van der Waals surface area (Å²) in [6.07, 6.45) is 4.39. The van der Waals surface area contributed by atoms with Crippen LogP contribution in [-0.4, -0.2) is 45.4 Å². The van der Waals surface area contributed by atoms with Crippen LogP contribution in [-0.2, 0) is 11.3 Å². The lowest BCUT2D eigenvalue weighted by molar-refractivity contribution is 0.127. The molecule has 0 fully saturated rings. The lowest BCUT2D eigenvalue weighted by atomic mass is 10.1. The number of anilines is 1. The van der Waals surface area contributed by atoms with E-state index in [1.54, 1.807) is 30.1 Å². The molecule has 0 aliphatic carbocycles. The van der Waals surface area contributed by atoms with Crippen molar-refractivity contribution in [2.45, 2.75) is 46.2 Å². The number of pyridine rings is 2. The van der Waals surface area contributed by atoms with Gasteiger partial charge in [0.05, 0.1) is 19.2 Å². The molecule has 0 aliphatic heterocycles. The Labute approximate surface area is 176 Å². The van der Waals surface area contributed by atoms with Crippen LogP contribution in [0.5, 0.6) is 5.88 Å². The van der Waals surface area contributed by atoms with Crippen molar-refractivity contribution in [2.75, 3.05) is 25.6 Å². The predicted molar refractivity (Wildman–Crippen MR) is 118 cm³/mol. The Bertz CT molecular complexity index is 1060. The van der Waals surface area contributed by atoms with E-state index in [4.69, 9.17) is 9.47 Å². The van der Waals surface area contributed by atoms with Gasteiger partial charge in [-0.15, -0.1) is 0 Å². The molecule has 0 atom stereocenters. The first-order valence-corrected chi connectivity index (χ1v) is 10.1. The van der Waals surface area contributed by atoms with E-state index in [1.807, 2.05) is 32.9 Å². The zero-order valence-electron chi connectivity index (χ0n) is 18.2. The summed E-state index contributed by atoms with van der Waals surface area (Å²) in [5.74, 6) is 0.828. The van der Waals surface area contributed by atoms with Gasteiger partial charge in [-0.2, -0.15) is 0 Å². The lowest BCUT2D eigenvalue weighted by Crippen LogP contribution is -2.34. The van der Waals surface area contributed by atoms with Gasteiger partial charge in [-0.25, -0.2) is 15.0 Å². The normalized spacial score (nSPS) is 11.6. The number of methoxy groups -OCH3 is 1. The first kappa shape index (κ1) is 21.7. The Hall–Kier alpha value is -3.00. The zero-order valence-corrected chi connectivity index (χ0v) is 18.2. The van der Waals surface area contributed by atoms with E-state index in [2.05, 4.69) is 27.2 Å². The first-order valence-electron chi connectivity index (χ1n) is 10.1. The fraction of sp³-hybridized carbons (Fsp3) is 0.455. The molecule has 3 aromatic heterocycles. The number of fused-ring (bicyclic) bond motifs is 1. The minimum absolute atomic E-state index is 0.190. The molecule has 30 heavy (non-hydrogen) atoms. The van der Waals surface area contributed by atoms with Crippen LogP contribution >= 0.6 is 0 Å². The summed E-state index contributed by atoms with van der Waals surface area (Å²) in [6.45, 7) is 9.53. The molecule has 3 aromatic rings. The maximum absolute atomic E-state index is 13.2. The van der Waals surface area contributed by atoms with Crippen LogP contribution in [0.2, 0.25) is 0 Å². The van der Waals surface area contributed by atoms with Crippen LogP contribution in [0.3, 0.4) is 0 Å². The van der Waals surface area contributed by atoms with E-state index in [0.717, 1.165) is 17.5 Å². The van der Waals surface area contributed by atoms with Crippen LogP contribution in [0.4, 0.5) is 5.82 Å². The number of nitrogens with one attached hydrogen (secondary N) is 1. The highest BCUT2D eigenvalue weighted by Gasteiger charge is 2.18. The Morgan fingerprint density at radius 1 is 1.10 bits per heavy atom. The van der Waals surface area contributed by atoms with Gasteiger partial charge in [0, 0.05) is 48.3 Å². The molecule has 8 heteroatoms. The zero-order chi connectivity index (χ0) is 21.7. The maximum Gasteiger partial charge on any atom is 0.293 e. The predicted octanol–water partition coefficient (Wildman–Crippen LogP) is 3.50. The highest BCUT2D eigenvalue weighted by molar-refractivity contribution is 5.79. The number of hydrogen-bond donors (Lipinski definition) is 1. The molecule has 1 N–H and O–H groups in total. The van der Waals surface area contributed by atoms with E-state index < -0.39 is 0 Å². The number of nitrogens with zero attached hydrogens (tertiary/aromatic N) is 4. The second kappa shape index (κ2) is 9.21. The van der Waals surface area contributed by atoms with Crippen molar-refractivity contribution in [2.24, 2.45) is 0 Å². The SMILES string of the molecule is CCCOCCn1c(=O)c(NC(C)(C)C)nc2ncc(-c3ccc(OC)nc3)cc21. The summed E-state index contributed by atoms with van der Waals surface area (Å²) >= 11 is 0. The summed E-state index contributed by atoms with van der Waals surface area (Å²) in [5, 5.41) is 3.19. The summed E-state index contributed by atoms with van der Waals surface area (Å²) in [5.41, 5.74) is 2.40. The number of hydrogen-bond acceptors (Lipinski definition) is 7. The smallest absolute Gasteiger partial charge is 0.293 e. The molecule has 3 heterocycles. The Morgan fingerprint density at radius 2 is 1.87 bits per heavy atom. The van der Waals surface area contributed by atoms with E-state index in [-0.39, 0.29) is 16.9 Å². The van der Waals surface area contributed by atoms with Gasteiger partial charge < -0.3 is 14.8 Å². The molecular formula is C22H29N5O3. The molecule has 160 valence electrons. The number of aromatic nitrogens is 4. The van der Waals surface area contributed by atoms with E-state index >= 15 is 0 Å². The largest absolute Gasteiger partial charge is 0.481 e. The molecule has 8 nitrogen and oxygen atoms in total. The van der Waals surface area contributed by atoms with Gasteiger partial charge in [0.25, 0.3) is 5.56 Å². The van der Waals surface area contributed by atoms with Crippen molar-refractivity contribution in [3.63, 3.8) is 0 Å². The number of ether oxygens (including phenoxy) is 2. The van der Waals surface area contributed by atoms with Crippen LogP contribution < -0.4 is 15.6 Å². The molecule has 0 saturated carbocycles. The third kappa shape index (κ3) is 5.13. The fourth-order valence-electron chi connectivity index (χ4n) is 3.01. The van der Waals surface area contributed by atoms with Gasteiger partial charge in [-0.05, 0) is 39.3 Å². The molecule has 0 bridgehead atoms. The quantitative estimate of drug-likeness (QED) is 0.567. The van der Waals surface area contributed by atoms with E-state index in [1.165, 1.54) is 0 Å². The summed E-state index contributed by atoms with van der Waals surface area (Å²) < 4.78 is 12.4. The van der Waals surface area contributed by atoms with Gasteiger partial charge >= 0.3 is 0 Å². The first-order chi connectivity index (χ1) is 14.3. The average molecular weight is 412 g/mol. The van der Waals surface area contributed by atoms with Gasteiger partial charge in [0.2, 0.25) is 5.88 Å². The molecule has 0 saturated heterocycles. The van der Waals surface area contributed by atoms with Crippen molar-refractivity contribution >= 4 is 17.0 Å². The molecule has 0 aromatic carbocycles. The third-order valence-electron chi connectivity index (χ3n) is 4.38. The Kier molecular flexibility index (Phi) is 6.66. The van der Waals surface area contributed by atoms with Crippen LogP contribution in [0.15, 0.2) is 35.4 Å². The van der Waals surface area contributed by atoms with Gasteiger partial charge in [-0.1, -0.05) is 6.92 Å². The van der Waals surface area contributed by atoms with Crippen LogP contribution in [0.25, 0.3) is 22.3 Å². The summed E-state index contributed by atoms with van der Waals surface area (Å²) in [6, 6.07) is 5.62. The third-order valence-corrected chi connectivity index (χ3v) is 4.38. The van der Waals surface area contributed by atoms with Crippen molar-refractivity contribution < 1.29 is 9.47 Å². The second-order valence-corrected chi connectivity index (χ2v) is 8.06. The molecule has 0 radical (unpaired) electrons. The number of rotatable bonds is 8. The monoisotopic (exact) mass is 411 g/mol. The van der Waals surface area contributed by atoms with Crippen molar-refractivity contribution in [3.8, 4) is 17.0 Å². The topological polar surface area (TPSA) is 91.2 Å². The van der Waals surface area contributed by atoms with Gasteiger partial charge in [0.15, 0.2) is 11.5 Å². The molecule has 3 rings (SSSR count). The highest BCUT2D eigenvalue weighted by atomic mass is 16.5.